The van der Waals surface area contributed by atoms with Gasteiger partial charge in [-0.2, -0.15) is 0 Å². The molecule has 2 aromatic rings. The lowest BCUT2D eigenvalue weighted by Crippen LogP contribution is -2.50. The maximum atomic E-state index is 13.4. The summed E-state index contributed by atoms with van der Waals surface area (Å²) in [4.78, 5) is 15.1. The minimum atomic E-state index is -3.60. The molecule has 8 heteroatoms. The average molecular weight is 490 g/mol. The maximum absolute atomic E-state index is 13.4. The van der Waals surface area contributed by atoms with Crippen molar-refractivity contribution in [3.63, 3.8) is 0 Å². The first kappa shape index (κ1) is 26.0. The van der Waals surface area contributed by atoms with Crippen LogP contribution >= 0.6 is 0 Å². The van der Waals surface area contributed by atoms with Crippen molar-refractivity contribution in [3.05, 3.63) is 54.1 Å². The number of ether oxygens (including phenoxy) is 3. The van der Waals surface area contributed by atoms with Crippen molar-refractivity contribution in [2.24, 2.45) is 0 Å². The molecule has 0 aromatic heterocycles. The topological polar surface area (TPSA) is 82.1 Å². The molecule has 3 rings (SSSR count). The van der Waals surface area contributed by atoms with Gasteiger partial charge >= 0.3 is 5.97 Å². The normalized spacial score (nSPS) is 18.9. The Kier molecular flexibility index (Phi) is 9.36. The number of piperidine rings is 1. The third-order valence-corrected chi connectivity index (χ3v) is 8.34. The molecule has 1 heterocycles. The van der Waals surface area contributed by atoms with Gasteiger partial charge in [0.05, 0.1) is 30.5 Å². The highest BCUT2D eigenvalue weighted by molar-refractivity contribution is 7.92. The monoisotopic (exact) mass is 489 g/mol. The van der Waals surface area contributed by atoms with Crippen LogP contribution in [0.5, 0.6) is 11.5 Å². The number of rotatable bonds is 11. The van der Waals surface area contributed by atoms with Gasteiger partial charge < -0.3 is 14.2 Å². The molecular formula is C26H35NO6S. The van der Waals surface area contributed by atoms with Crippen molar-refractivity contribution in [2.75, 3.05) is 26.9 Å². The summed E-state index contributed by atoms with van der Waals surface area (Å²) in [6.45, 7) is 5.69. The van der Waals surface area contributed by atoms with E-state index in [1.165, 1.54) is 0 Å². The van der Waals surface area contributed by atoms with E-state index in [-0.39, 0.29) is 23.9 Å². The number of unbranched alkanes of at least 4 members (excludes halogenated alkanes) is 1. The zero-order valence-corrected chi connectivity index (χ0v) is 21.1. The standard InChI is InChI=1S/C26H35NO6S/c1-4-6-16-33-21-10-12-23(13-11-21)34(29,30)24-14-15-27(25(18-24)26(28)32-5-2)19-20-8-7-9-22(17-20)31-3/h7-13,17,24-25H,4-6,14-16,18-19H2,1-3H3. The second-order valence-electron chi connectivity index (χ2n) is 8.45. The Morgan fingerprint density at radius 3 is 2.53 bits per heavy atom. The van der Waals surface area contributed by atoms with Gasteiger partial charge in [0.15, 0.2) is 9.84 Å². The lowest BCUT2D eigenvalue weighted by molar-refractivity contribution is -0.151. The number of carbonyl (C=O) groups is 1. The third kappa shape index (κ3) is 6.51. The SMILES string of the molecule is CCCCOc1ccc(S(=O)(=O)C2CCN(Cc3cccc(OC)c3)C(C(=O)OCC)C2)cc1. The second-order valence-corrected chi connectivity index (χ2v) is 10.7. The molecule has 2 atom stereocenters. The van der Waals surface area contributed by atoms with E-state index in [1.54, 1.807) is 38.3 Å². The number of methoxy groups -OCH3 is 1. The summed E-state index contributed by atoms with van der Waals surface area (Å²) >= 11 is 0. The number of esters is 1. The van der Waals surface area contributed by atoms with E-state index in [9.17, 15) is 13.2 Å². The van der Waals surface area contributed by atoms with Gasteiger partial charge in [-0.05, 0) is 68.1 Å². The Labute approximate surface area is 202 Å². The summed E-state index contributed by atoms with van der Waals surface area (Å²) in [5.41, 5.74) is 0.994. The molecule has 186 valence electrons. The minimum absolute atomic E-state index is 0.194. The van der Waals surface area contributed by atoms with Gasteiger partial charge in [0.1, 0.15) is 17.5 Å². The molecule has 7 nitrogen and oxygen atoms in total. The van der Waals surface area contributed by atoms with E-state index in [1.807, 2.05) is 29.2 Å². The molecule has 2 unspecified atom stereocenters. The molecule has 0 amide bonds. The van der Waals surface area contributed by atoms with Crippen LogP contribution in [0.3, 0.4) is 0 Å². The zero-order valence-electron chi connectivity index (χ0n) is 20.2. The Bertz CT molecular complexity index is 1040. The number of likely N-dealkylation sites (tertiary alicyclic amines) is 1. The molecule has 1 saturated heterocycles. The first-order chi connectivity index (χ1) is 16.4. The number of hydrogen-bond acceptors (Lipinski definition) is 7. The predicted molar refractivity (Wildman–Crippen MR) is 131 cm³/mol. The van der Waals surface area contributed by atoms with Crippen LogP contribution in [0.2, 0.25) is 0 Å². The largest absolute Gasteiger partial charge is 0.497 e. The molecule has 2 aromatic carbocycles. The van der Waals surface area contributed by atoms with Crippen LogP contribution in [0.15, 0.2) is 53.4 Å². The van der Waals surface area contributed by atoms with Crippen molar-refractivity contribution in [2.45, 2.75) is 62.3 Å². The van der Waals surface area contributed by atoms with Crippen molar-refractivity contribution >= 4 is 15.8 Å². The highest BCUT2D eigenvalue weighted by atomic mass is 32.2. The zero-order chi connectivity index (χ0) is 24.6. The highest BCUT2D eigenvalue weighted by Gasteiger charge is 2.40. The van der Waals surface area contributed by atoms with Gasteiger partial charge in [-0.1, -0.05) is 25.5 Å². The quantitative estimate of drug-likeness (QED) is 0.345. The molecule has 0 radical (unpaired) electrons. The van der Waals surface area contributed by atoms with Crippen LogP contribution in [0.1, 0.15) is 45.1 Å². The average Bonchev–Trinajstić information content (AvgIpc) is 2.85. The van der Waals surface area contributed by atoms with Crippen LogP contribution in [-0.4, -0.2) is 57.4 Å². The number of nitrogens with zero attached hydrogens (tertiary/aromatic N) is 1. The lowest BCUT2D eigenvalue weighted by atomic mass is 10.0. The van der Waals surface area contributed by atoms with Crippen molar-refractivity contribution < 1.29 is 27.4 Å². The van der Waals surface area contributed by atoms with Gasteiger partial charge in [0.25, 0.3) is 0 Å². The summed E-state index contributed by atoms with van der Waals surface area (Å²) < 4.78 is 43.1. The molecule has 0 bridgehead atoms. The summed E-state index contributed by atoms with van der Waals surface area (Å²) in [5, 5.41) is -0.657. The van der Waals surface area contributed by atoms with Gasteiger partial charge in [0.2, 0.25) is 0 Å². The number of sulfone groups is 1. The first-order valence-corrected chi connectivity index (χ1v) is 13.4. The van der Waals surface area contributed by atoms with Crippen LogP contribution in [0, 0.1) is 0 Å². The predicted octanol–water partition coefficient (Wildman–Crippen LogP) is 4.24. The van der Waals surface area contributed by atoms with Crippen LogP contribution < -0.4 is 9.47 Å². The summed E-state index contributed by atoms with van der Waals surface area (Å²) in [5.74, 6) is 1.01. The Balaban J connectivity index is 1.75. The Hall–Kier alpha value is -2.58. The summed E-state index contributed by atoms with van der Waals surface area (Å²) in [6, 6.07) is 13.6. The van der Waals surface area contributed by atoms with Gasteiger partial charge in [-0.3, -0.25) is 9.69 Å². The minimum Gasteiger partial charge on any atom is -0.497 e. The Morgan fingerprint density at radius 1 is 1.09 bits per heavy atom. The molecule has 0 aliphatic carbocycles. The highest BCUT2D eigenvalue weighted by Crippen LogP contribution is 2.31. The fourth-order valence-corrected chi connectivity index (χ4v) is 5.95. The summed E-state index contributed by atoms with van der Waals surface area (Å²) in [7, 11) is -1.99. The molecule has 0 saturated carbocycles. The third-order valence-electron chi connectivity index (χ3n) is 6.10. The number of carbonyl (C=O) groups excluding carboxylic acids is 1. The van der Waals surface area contributed by atoms with Crippen molar-refractivity contribution in [1.82, 2.24) is 4.90 Å². The molecule has 0 spiro atoms. The molecule has 1 fully saturated rings. The molecule has 1 aliphatic rings. The second kappa shape index (κ2) is 12.2. The van der Waals surface area contributed by atoms with Crippen LogP contribution in [0.4, 0.5) is 0 Å². The van der Waals surface area contributed by atoms with Gasteiger partial charge in [-0.15, -0.1) is 0 Å². The fourth-order valence-electron chi connectivity index (χ4n) is 4.19. The van der Waals surface area contributed by atoms with E-state index in [4.69, 9.17) is 14.2 Å². The summed E-state index contributed by atoms with van der Waals surface area (Å²) in [6.07, 6.45) is 2.62. The lowest BCUT2D eigenvalue weighted by Gasteiger charge is -2.37. The molecule has 34 heavy (non-hydrogen) atoms. The van der Waals surface area contributed by atoms with E-state index < -0.39 is 21.1 Å². The first-order valence-electron chi connectivity index (χ1n) is 11.9. The molecular weight excluding hydrogens is 454 g/mol. The van der Waals surface area contributed by atoms with E-state index in [0.717, 1.165) is 24.2 Å². The van der Waals surface area contributed by atoms with Gasteiger partial charge in [-0.25, -0.2) is 8.42 Å². The molecule has 0 N–H and O–H groups in total. The van der Waals surface area contributed by atoms with E-state index >= 15 is 0 Å². The van der Waals surface area contributed by atoms with Crippen molar-refractivity contribution in [3.8, 4) is 11.5 Å². The number of hydrogen-bond donors (Lipinski definition) is 0. The van der Waals surface area contributed by atoms with E-state index in [2.05, 4.69) is 6.92 Å². The van der Waals surface area contributed by atoms with Crippen molar-refractivity contribution in [1.29, 1.82) is 0 Å². The van der Waals surface area contributed by atoms with Crippen LogP contribution in [0.25, 0.3) is 0 Å². The maximum Gasteiger partial charge on any atom is 0.323 e. The smallest absolute Gasteiger partial charge is 0.323 e. The fraction of sp³-hybridized carbons (Fsp3) is 0.500. The van der Waals surface area contributed by atoms with Crippen LogP contribution in [-0.2, 0) is 25.9 Å². The Morgan fingerprint density at radius 2 is 1.85 bits per heavy atom. The number of benzene rings is 2. The van der Waals surface area contributed by atoms with Gasteiger partial charge in [0, 0.05) is 13.1 Å². The molecule has 1 aliphatic heterocycles. The van der Waals surface area contributed by atoms with E-state index in [0.29, 0.717) is 31.9 Å².